The number of likely N-dealkylation sites (N-methyl/N-ethyl adjacent to an activating group) is 2. The summed E-state index contributed by atoms with van der Waals surface area (Å²) in [4.78, 5) is 29.8. The lowest BCUT2D eigenvalue weighted by Gasteiger charge is -2.65. The van der Waals surface area contributed by atoms with Gasteiger partial charge in [0.15, 0.2) is 0 Å². The Morgan fingerprint density at radius 2 is 1.95 bits per heavy atom. The van der Waals surface area contributed by atoms with Gasteiger partial charge in [-0.15, -0.1) is 0 Å². The van der Waals surface area contributed by atoms with E-state index in [1.54, 1.807) is 11.9 Å². The van der Waals surface area contributed by atoms with E-state index in [1.807, 2.05) is 12.1 Å². The van der Waals surface area contributed by atoms with E-state index in [0.29, 0.717) is 18.4 Å². The van der Waals surface area contributed by atoms with Crippen LogP contribution >= 0.6 is 0 Å². The van der Waals surface area contributed by atoms with Crippen LogP contribution in [-0.4, -0.2) is 66.1 Å². The average Bonchev–Trinajstić information content (AvgIpc) is 3.23. The fourth-order valence-corrected chi connectivity index (χ4v) is 7.79. The summed E-state index contributed by atoms with van der Waals surface area (Å²) in [6, 6.07) is 10.6. The predicted octanol–water partition coefficient (Wildman–Crippen LogP) is 4.60. The van der Waals surface area contributed by atoms with Crippen molar-refractivity contribution in [3.8, 4) is 5.75 Å². The lowest BCUT2D eigenvalue weighted by Crippen LogP contribution is -2.78. The SMILES string of the molecule is CC(=O)O[C@@]12CC[C@H](N(C)C(=O)C=Cc3cccc(C(F)(F)F)c3)[C@@H]3Oc4cccc5c4[C@@]31CCN(C)[C@@H]2C5. The normalized spacial score (nSPS) is 31.0. The van der Waals surface area contributed by atoms with Crippen LogP contribution in [0, 0.1) is 0 Å². The highest BCUT2D eigenvalue weighted by atomic mass is 19.4. The number of nitrogens with zero attached hydrogens (tertiary/aromatic N) is 2. The minimum atomic E-state index is -4.46. The quantitative estimate of drug-likeness (QED) is 0.419. The van der Waals surface area contributed by atoms with Gasteiger partial charge < -0.3 is 14.4 Å². The number of rotatable bonds is 4. The summed E-state index contributed by atoms with van der Waals surface area (Å²) in [5.74, 6) is 0.131. The van der Waals surface area contributed by atoms with E-state index >= 15 is 0 Å². The number of amides is 1. The van der Waals surface area contributed by atoms with Gasteiger partial charge in [0.05, 0.1) is 23.1 Å². The van der Waals surface area contributed by atoms with Gasteiger partial charge in [0, 0.05) is 25.6 Å². The summed E-state index contributed by atoms with van der Waals surface area (Å²) in [6.45, 7) is 2.26. The van der Waals surface area contributed by atoms with Crippen LogP contribution in [-0.2, 0) is 32.3 Å². The molecule has 1 saturated carbocycles. The Balaban J connectivity index is 1.35. The molecule has 2 aliphatic heterocycles. The number of benzene rings is 2. The van der Waals surface area contributed by atoms with E-state index < -0.39 is 28.9 Å². The Kier molecular flexibility index (Phi) is 5.88. The number of hydrogen-bond donors (Lipinski definition) is 0. The molecule has 0 radical (unpaired) electrons. The maximum absolute atomic E-state index is 13.4. The third-order valence-corrected chi connectivity index (χ3v) is 9.36. The fraction of sp³-hybridized carbons (Fsp3) is 0.467. The Hall–Kier alpha value is -3.33. The number of hydrogen-bond acceptors (Lipinski definition) is 5. The van der Waals surface area contributed by atoms with Gasteiger partial charge in [-0.2, -0.15) is 13.2 Å². The Bertz CT molecular complexity index is 1370. The average molecular weight is 541 g/mol. The largest absolute Gasteiger partial charge is 0.487 e. The maximum atomic E-state index is 13.4. The van der Waals surface area contributed by atoms with Crippen molar-refractivity contribution in [3.63, 3.8) is 0 Å². The standard InChI is InChI=1S/C30H31F3N2O4/c1-18(36)39-29-13-12-22(35(3)25(37)11-10-19-6-4-8-21(16-19)30(31,32)33)27-28(29)14-15-34(2)24(29)17-20-7-5-9-23(38-27)26(20)28/h4-11,16,22,24,27H,12-15,17H2,1-3H3/t22-,24+,27-,28-,29+/m0/s1. The molecule has 2 fully saturated rings. The summed E-state index contributed by atoms with van der Waals surface area (Å²) < 4.78 is 52.4. The molecule has 0 unspecified atom stereocenters. The first-order valence-corrected chi connectivity index (χ1v) is 13.3. The van der Waals surface area contributed by atoms with Crippen LogP contribution in [0.1, 0.15) is 48.4 Å². The molecule has 39 heavy (non-hydrogen) atoms. The third-order valence-electron chi connectivity index (χ3n) is 9.36. The first-order valence-electron chi connectivity index (χ1n) is 13.3. The van der Waals surface area contributed by atoms with Crippen molar-refractivity contribution in [1.82, 2.24) is 9.80 Å². The molecule has 206 valence electrons. The van der Waals surface area contributed by atoms with Gasteiger partial charge in [0.25, 0.3) is 0 Å². The van der Waals surface area contributed by atoms with Gasteiger partial charge in [0.2, 0.25) is 5.91 Å². The van der Waals surface area contributed by atoms with Gasteiger partial charge >= 0.3 is 12.1 Å². The van der Waals surface area contributed by atoms with Crippen LogP contribution in [0.25, 0.3) is 6.08 Å². The summed E-state index contributed by atoms with van der Waals surface area (Å²) >= 11 is 0. The zero-order valence-electron chi connectivity index (χ0n) is 22.1. The molecule has 6 rings (SSSR count). The first-order chi connectivity index (χ1) is 18.5. The van der Waals surface area contributed by atoms with Crippen molar-refractivity contribution in [2.24, 2.45) is 0 Å². The second kappa shape index (κ2) is 8.84. The van der Waals surface area contributed by atoms with E-state index in [4.69, 9.17) is 9.47 Å². The Morgan fingerprint density at radius 1 is 1.18 bits per heavy atom. The van der Waals surface area contributed by atoms with Gasteiger partial charge in [-0.25, -0.2) is 0 Å². The number of piperidine rings is 1. The highest BCUT2D eigenvalue weighted by Crippen LogP contribution is 2.65. The van der Waals surface area contributed by atoms with Gasteiger partial charge in [-0.1, -0.05) is 24.3 Å². The number of alkyl halides is 3. The minimum absolute atomic E-state index is 0.00939. The lowest BCUT2D eigenvalue weighted by molar-refractivity contribution is -0.220. The summed E-state index contributed by atoms with van der Waals surface area (Å²) in [5, 5.41) is 0. The van der Waals surface area contributed by atoms with Crippen molar-refractivity contribution in [2.75, 3.05) is 20.6 Å². The molecule has 9 heteroatoms. The van der Waals surface area contributed by atoms with Crippen LogP contribution < -0.4 is 4.74 Å². The van der Waals surface area contributed by atoms with E-state index in [0.717, 1.165) is 42.8 Å². The van der Waals surface area contributed by atoms with Crippen LogP contribution in [0.3, 0.4) is 0 Å². The zero-order chi connectivity index (χ0) is 27.7. The third kappa shape index (κ3) is 3.72. The molecule has 2 aromatic carbocycles. The maximum Gasteiger partial charge on any atom is 0.416 e. The minimum Gasteiger partial charge on any atom is -0.487 e. The highest BCUT2D eigenvalue weighted by molar-refractivity contribution is 5.92. The number of carbonyl (C=O) groups is 2. The molecular formula is C30H31F3N2O4. The van der Waals surface area contributed by atoms with Crippen molar-refractivity contribution in [3.05, 3.63) is 70.8 Å². The van der Waals surface area contributed by atoms with E-state index in [1.165, 1.54) is 36.8 Å². The molecule has 2 heterocycles. The van der Waals surface area contributed by atoms with E-state index in [-0.39, 0.29) is 24.0 Å². The number of likely N-dealkylation sites (tertiary alicyclic amines) is 1. The first kappa shape index (κ1) is 25.9. The van der Waals surface area contributed by atoms with E-state index in [2.05, 4.69) is 18.0 Å². The zero-order valence-corrected chi connectivity index (χ0v) is 22.1. The molecule has 5 atom stereocenters. The van der Waals surface area contributed by atoms with Crippen molar-refractivity contribution >= 4 is 18.0 Å². The molecule has 1 amide bonds. The number of ether oxygens (including phenoxy) is 2. The van der Waals surface area contributed by atoms with Crippen molar-refractivity contribution < 1.29 is 32.2 Å². The Labute approximate surface area is 225 Å². The molecule has 1 spiro atoms. The molecule has 0 N–H and O–H groups in total. The fourth-order valence-electron chi connectivity index (χ4n) is 7.79. The monoisotopic (exact) mass is 540 g/mol. The van der Waals surface area contributed by atoms with Crippen molar-refractivity contribution in [1.29, 1.82) is 0 Å². The van der Waals surface area contributed by atoms with E-state index in [9.17, 15) is 22.8 Å². The molecule has 4 aliphatic rings. The molecule has 2 aromatic rings. The number of carbonyl (C=O) groups excluding carboxylic acids is 2. The molecule has 1 saturated heterocycles. The topological polar surface area (TPSA) is 59.1 Å². The van der Waals surface area contributed by atoms with Crippen molar-refractivity contribution in [2.45, 2.75) is 68.0 Å². The number of halogens is 3. The summed E-state index contributed by atoms with van der Waals surface area (Å²) in [7, 11) is 3.78. The second-order valence-corrected chi connectivity index (χ2v) is 11.2. The van der Waals surface area contributed by atoms with Gasteiger partial charge in [-0.05, 0) is 74.7 Å². The summed E-state index contributed by atoms with van der Waals surface area (Å²) in [5.41, 5.74) is 0.453. The summed E-state index contributed by atoms with van der Waals surface area (Å²) in [6.07, 6.45) is 0.459. The molecular weight excluding hydrogens is 509 g/mol. The molecule has 2 aliphatic carbocycles. The van der Waals surface area contributed by atoms with Crippen LogP contribution in [0.5, 0.6) is 5.75 Å². The Morgan fingerprint density at radius 3 is 2.69 bits per heavy atom. The van der Waals surface area contributed by atoms with Gasteiger partial charge in [-0.3, -0.25) is 14.5 Å². The second-order valence-electron chi connectivity index (χ2n) is 11.2. The van der Waals surface area contributed by atoms with Crippen LogP contribution in [0.15, 0.2) is 48.5 Å². The highest BCUT2D eigenvalue weighted by Gasteiger charge is 2.75. The van der Waals surface area contributed by atoms with Gasteiger partial charge in [0.1, 0.15) is 17.5 Å². The molecule has 2 bridgehead atoms. The van der Waals surface area contributed by atoms with Crippen LogP contribution in [0.4, 0.5) is 13.2 Å². The number of esters is 1. The molecule has 0 aromatic heterocycles. The van der Waals surface area contributed by atoms with Crippen LogP contribution in [0.2, 0.25) is 0 Å². The smallest absolute Gasteiger partial charge is 0.416 e. The molecule has 6 nitrogen and oxygen atoms in total. The lowest BCUT2D eigenvalue weighted by atomic mass is 9.48. The predicted molar refractivity (Wildman–Crippen MR) is 138 cm³/mol.